The molecule has 2 aromatic rings. The number of hydrogen-bond donors (Lipinski definition) is 1. The summed E-state index contributed by atoms with van der Waals surface area (Å²) in [6, 6.07) is 12.0. The van der Waals surface area contributed by atoms with Crippen LogP contribution in [0.2, 0.25) is 0 Å². The Labute approximate surface area is 96.8 Å². The smallest absolute Gasteiger partial charge is 0.150 e. The van der Waals surface area contributed by atoms with Crippen LogP contribution in [0.4, 0.5) is 20.2 Å². The zero-order chi connectivity index (χ0) is 12.1. The Balaban J connectivity index is 2.09. The fourth-order valence-electron chi connectivity index (χ4n) is 1.22. The van der Waals surface area contributed by atoms with Crippen LogP contribution in [-0.2, 0) is 0 Å². The van der Waals surface area contributed by atoms with Gasteiger partial charge in [-0.25, -0.2) is 8.78 Å². The van der Waals surface area contributed by atoms with Crippen LogP contribution in [0.1, 0.15) is 0 Å². The second kappa shape index (κ2) is 5.16. The molecule has 0 radical (unpaired) electrons. The standard InChI is InChI=1S/C12H9F2N3/c13-9-5-1-3-7-11(9)15-17-16-12-8-4-2-6-10(12)14/h1-8H,(H,15,16). The van der Waals surface area contributed by atoms with Gasteiger partial charge in [-0.15, -0.1) is 5.11 Å². The van der Waals surface area contributed by atoms with Crippen molar-refractivity contribution in [1.82, 2.24) is 0 Å². The summed E-state index contributed by atoms with van der Waals surface area (Å²) in [4.78, 5) is 0. The Bertz CT molecular complexity index is 541. The van der Waals surface area contributed by atoms with Crippen molar-refractivity contribution in [3.05, 3.63) is 60.2 Å². The normalized spacial score (nSPS) is 10.7. The minimum atomic E-state index is -0.480. The molecular weight excluding hydrogens is 224 g/mol. The third kappa shape index (κ3) is 2.84. The summed E-state index contributed by atoms with van der Waals surface area (Å²) in [6.45, 7) is 0. The Morgan fingerprint density at radius 3 is 2.18 bits per heavy atom. The number of rotatable bonds is 3. The van der Waals surface area contributed by atoms with Gasteiger partial charge >= 0.3 is 0 Å². The van der Waals surface area contributed by atoms with E-state index in [1.807, 2.05) is 0 Å². The first-order valence-corrected chi connectivity index (χ1v) is 4.93. The summed E-state index contributed by atoms with van der Waals surface area (Å²) in [5.74, 6) is -0.924. The molecule has 1 N–H and O–H groups in total. The van der Waals surface area contributed by atoms with E-state index in [0.717, 1.165) is 0 Å². The fourth-order valence-corrected chi connectivity index (χ4v) is 1.22. The highest BCUT2D eigenvalue weighted by atomic mass is 19.1. The summed E-state index contributed by atoms with van der Waals surface area (Å²) in [7, 11) is 0. The molecule has 0 saturated heterocycles. The quantitative estimate of drug-likeness (QED) is 0.629. The Morgan fingerprint density at radius 1 is 0.824 bits per heavy atom. The molecule has 5 heteroatoms. The molecule has 0 bridgehead atoms. The molecule has 0 heterocycles. The third-order valence-electron chi connectivity index (χ3n) is 2.05. The average Bonchev–Trinajstić information content (AvgIpc) is 2.34. The second-order valence-electron chi connectivity index (χ2n) is 3.24. The highest BCUT2D eigenvalue weighted by molar-refractivity contribution is 5.43. The van der Waals surface area contributed by atoms with Gasteiger partial charge in [0.2, 0.25) is 0 Å². The van der Waals surface area contributed by atoms with Gasteiger partial charge in [0.15, 0.2) is 5.82 Å². The monoisotopic (exact) mass is 233 g/mol. The SMILES string of the molecule is Fc1ccccc1N=NNc1ccccc1F. The molecule has 0 aromatic heterocycles. The van der Waals surface area contributed by atoms with Crippen LogP contribution in [0.25, 0.3) is 0 Å². The van der Waals surface area contributed by atoms with E-state index in [2.05, 4.69) is 15.8 Å². The van der Waals surface area contributed by atoms with Crippen molar-refractivity contribution in [2.24, 2.45) is 10.3 Å². The molecule has 0 spiro atoms. The number of para-hydroxylation sites is 1. The molecule has 0 amide bonds. The van der Waals surface area contributed by atoms with Gasteiger partial charge < -0.3 is 0 Å². The summed E-state index contributed by atoms with van der Waals surface area (Å²) in [5.41, 5.74) is 2.69. The number of nitrogens with one attached hydrogen (secondary N) is 1. The lowest BCUT2D eigenvalue weighted by molar-refractivity contribution is 0.626. The molecule has 3 nitrogen and oxygen atoms in total. The lowest BCUT2D eigenvalue weighted by Gasteiger charge is -1.99. The summed E-state index contributed by atoms with van der Waals surface area (Å²) < 4.78 is 26.3. The van der Waals surface area contributed by atoms with Crippen LogP contribution >= 0.6 is 0 Å². The maximum atomic E-state index is 13.2. The molecule has 0 aliphatic heterocycles. The van der Waals surface area contributed by atoms with Gasteiger partial charge in [-0.05, 0) is 24.3 Å². The minimum Gasteiger partial charge on any atom is -0.257 e. The predicted molar refractivity (Wildman–Crippen MR) is 60.9 cm³/mol. The van der Waals surface area contributed by atoms with E-state index in [1.54, 1.807) is 24.3 Å². The van der Waals surface area contributed by atoms with Gasteiger partial charge in [-0.3, -0.25) is 5.43 Å². The van der Waals surface area contributed by atoms with Crippen molar-refractivity contribution in [2.45, 2.75) is 0 Å². The molecular formula is C12H9F2N3. The van der Waals surface area contributed by atoms with Gasteiger partial charge in [0.1, 0.15) is 11.5 Å². The molecule has 2 aromatic carbocycles. The van der Waals surface area contributed by atoms with Crippen molar-refractivity contribution in [3.8, 4) is 0 Å². The van der Waals surface area contributed by atoms with Crippen molar-refractivity contribution in [1.29, 1.82) is 0 Å². The first-order valence-electron chi connectivity index (χ1n) is 4.93. The molecule has 86 valence electrons. The van der Waals surface area contributed by atoms with E-state index in [1.165, 1.54) is 24.3 Å². The minimum absolute atomic E-state index is 0.0938. The number of halogens is 2. The lowest BCUT2D eigenvalue weighted by atomic mass is 10.3. The largest absolute Gasteiger partial charge is 0.257 e. The van der Waals surface area contributed by atoms with Crippen LogP contribution in [0.5, 0.6) is 0 Å². The van der Waals surface area contributed by atoms with Gasteiger partial charge in [0.25, 0.3) is 0 Å². The van der Waals surface area contributed by atoms with E-state index in [9.17, 15) is 8.78 Å². The molecule has 0 saturated carbocycles. The second-order valence-corrected chi connectivity index (χ2v) is 3.24. The number of anilines is 1. The molecule has 0 aliphatic carbocycles. The predicted octanol–water partition coefficient (Wildman–Crippen LogP) is 4.08. The maximum absolute atomic E-state index is 13.2. The molecule has 0 aliphatic rings. The number of hydrogen-bond acceptors (Lipinski definition) is 2. The Hall–Kier alpha value is -2.30. The molecule has 0 atom stereocenters. The van der Waals surface area contributed by atoms with E-state index in [-0.39, 0.29) is 11.4 Å². The summed E-state index contributed by atoms with van der Waals surface area (Å²) in [6.07, 6.45) is 0. The average molecular weight is 233 g/mol. The van der Waals surface area contributed by atoms with Gasteiger partial charge in [0.05, 0.1) is 5.69 Å². The van der Waals surface area contributed by atoms with E-state index < -0.39 is 11.6 Å². The summed E-state index contributed by atoms with van der Waals surface area (Å²) >= 11 is 0. The molecule has 17 heavy (non-hydrogen) atoms. The van der Waals surface area contributed by atoms with Crippen LogP contribution in [0.15, 0.2) is 58.9 Å². The third-order valence-corrected chi connectivity index (χ3v) is 2.05. The topological polar surface area (TPSA) is 36.8 Å². The molecule has 0 fully saturated rings. The first-order chi connectivity index (χ1) is 8.27. The van der Waals surface area contributed by atoms with Gasteiger partial charge in [-0.1, -0.05) is 29.5 Å². The Kier molecular flexibility index (Phi) is 3.40. The molecule has 2 rings (SSSR count). The number of nitrogens with zero attached hydrogens (tertiary/aromatic N) is 2. The van der Waals surface area contributed by atoms with Crippen molar-refractivity contribution in [3.63, 3.8) is 0 Å². The van der Waals surface area contributed by atoms with E-state index in [0.29, 0.717) is 0 Å². The lowest BCUT2D eigenvalue weighted by Crippen LogP contribution is -1.90. The van der Waals surface area contributed by atoms with Crippen LogP contribution in [0, 0.1) is 11.6 Å². The van der Waals surface area contributed by atoms with Crippen LogP contribution in [-0.4, -0.2) is 0 Å². The first kappa shape index (κ1) is 11.2. The Morgan fingerprint density at radius 2 is 1.47 bits per heavy atom. The summed E-state index contributed by atoms with van der Waals surface area (Å²) in [5, 5.41) is 7.14. The zero-order valence-electron chi connectivity index (χ0n) is 8.77. The fraction of sp³-hybridized carbons (Fsp3) is 0. The van der Waals surface area contributed by atoms with Crippen LogP contribution < -0.4 is 5.43 Å². The molecule has 0 unspecified atom stereocenters. The van der Waals surface area contributed by atoms with E-state index in [4.69, 9.17) is 0 Å². The number of benzene rings is 2. The van der Waals surface area contributed by atoms with Crippen molar-refractivity contribution >= 4 is 11.4 Å². The zero-order valence-corrected chi connectivity index (χ0v) is 8.77. The van der Waals surface area contributed by atoms with Crippen molar-refractivity contribution < 1.29 is 8.78 Å². The highest BCUT2D eigenvalue weighted by Gasteiger charge is 1.99. The van der Waals surface area contributed by atoms with Crippen LogP contribution in [0.3, 0.4) is 0 Å². The highest BCUT2D eigenvalue weighted by Crippen LogP contribution is 2.17. The van der Waals surface area contributed by atoms with Crippen molar-refractivity contribution in [2.75, 3.05) is 5.43 Å². The maximum Gasteiger partial charge on any atom is 0.150 e. The van der Waals surface area contributed by atoms with Gasteiger partial charge in [0, 0.05) is 0 Å². The van der Waals surface area contributed by atoms with Gasteiger partial charge in [-0.2, -0.15) is 0 Å². The van der Waals surface area contributed by atoms with E-state index >= 15 is 0 Å².